The van der Waals surface area contributed by atoms with Gasteiger partial charge >= 0.3 is 0 Å². The van der Waals surface area contributed by atoms with Crippen molar-refractivity contribution in [2.75, 3.05) is 0 Å². The summed E-state index contributed by atoms with van der Waals surface area (Å²) in [4.78, 5) is 0. The summed E-state index contributed by atoms with van der Waals surface area (Å²) in [7, 11) is 0. The van der Waals surface area contributed by atoms with Crippen LogP contribution in [-0.4, -0.2) is 0 Å². The van der Waals surface area contributed by atoms with E-state index in [1.165, 1.54) is 27.5 Å². The van der Waals surface area contributed by atoms with Crippen LogP contribution in [0.4, 0.5) is 0 Å². The van der Waals surface area contributed by atoms with Gasteiger partial charge < -0.3 is 4.74 Å². The van der Waals surface area contributed by atoms with Gasteiger partial charge in [-0.1, -0.05) is 72.8 Å². The molecule has 1 heteroatoms. The van der Waals surface area contributed by atoms with E-state index in [-0.39, 0.29) is 0 Å². The Labute approximate surface area is 130 Å². The van der Waals surface area contributed by atoms with Crippen molar-refractivity contribution in [2.45, 2.75) is 6.42 Å². The highest BCUT2D eigenvalue weighted by Gasteiger charge is 2.14. The zero-order valence-electron chi connectivity index (χ0n) is 12.2. The molecule has 1 nitrogen and oxygen atoms in total. The van der Waals surface area contributed by atoms with E-state index in [4.69, 9.17) is 4.74 Å². The fourth-order valence-corrected chi connectivity index (χ4v) is 2.86. The van der Waals surface area contributed by atoms with Crippen molar-refractivity contribution in [3.05, 3.63) is 95.8 Å². The largest absolute Gasteiger partial charge is 0.464 e. The second-order valence-corrected chi connectivity index (χ2v) is 5.49. The van der Waals surface area contributed by atoms with Crippen LogP contribution in [0.5, 0.6) is 5.75 Å². The lowest BCUT2D eigenvalue weighted by molar-refractivity contribution is 0.461. The van der Waals surface area contributed by atoms with Gasteiger partial charge in [-0.05, 0) is 28.0 Å². The van der Waals surface area contributed by atoms with Gasteiger partial charge in [-0.2, -0.15) is 0 Å². The summed E-state index contributed by atoms with van der Waals surface area (Å²) >= 11 is 0. The van der Waals surface area contributed by atoms with E-state index >= 15 is 0 Å². The summed E-state index contributed by atoms with van der Waals surface area (Å²) in [6.45, 7) is 0. The Balaban J connectivity index is 1.66. The number of hydrogen-bond acceptors (Lipinski definition) is 1. The molecule has 1 aliphatic rings. The molecule has 0 aliphatic carbocycles. The van der Waals surface area contributed by atoms with Gasteiger partial charge in [0.2, 0.25) is 0 Å². The van der Waals surface area contributed by atoms with E-state index < -0.39 is 0 Å². The van der Waals surface area contributed by atoms with E-state index in [0.29, 0.717) is 0 Å². The Morgan fingerprint density at radius 1 is 0.773 bits per heavy atom. The minimum absolute atomic E-state index is 0.903. The quantitative estimate of drug-likeness (QED) is 0.614. The normalized spacial score (nSPS) is 13.7. The minimum atomic E-state index is 0.903. The average molecular weight is 284 g/mol. The molecular formula is C21H16O. The van der Waals surface area contributed by atoms with E-state index in [1.54, 1.807) is 0 Å². The van der Waals surface area contributed by atoms with Crippen molar-refractivity contribution in [1.29, 1.82) is 0 Å². The molecule has 0 spiro atoms. The van der Waals surface area contributed by atoms with E-state index in [1.807, 2.05) is 24.5 Å². The van der Waals surface area contributed by atoms with Crippen molar-refractivity contribution in [1.82, 2.24) is 0 Å². The third kappa shape index (κ3) is 2.42. The molecule has 3 aromatic carbocycles. The van der Waals surface area contributed by atoms with Crippen molar-refractivity contribution in [3.63, 3.8) is 0 Å². The van der Waals surface area contributed by atoms with Gasteiger partial charge in [0, 0.05) is 12.0 Å². The molecule has 0 radical (unpaired) electrons. The first-order valence-corrected chi connectivity index (χ1v) is 7.50. The monoisotopic (exact) mass is 284 g/mol. The van der Waals surface area contributed by atoms with Gasteiger partial charge in [0.25, 0.3) is 0 Å². The summed E-state index contributed by atoms with van der Waals surface area (Å²) in [6.07, 6.45) is 7.03. The standard InChI is InChI=1S/C21H16O/c1-2-6-16(7-3-1)10-11-17-14-20-19-9-5-4-8-18(19)12-13-21(20)22-15-17/h1-13,15H,14H2. The Morgan fingerprint density at radius 3 is 2.50 bits per heavy atom. The summed E-state index contributed by atoms with van der Waals surface area (Å²) in [5, 5.41) is 2.54. The van der Waals surface area contributed by atoms with E-state index in [9.17, 15) is 0 Å². The molecule has 0 unspecified atom stereocenters. The molecule has 3 aromatic rings. The van der Waals surface area contributed by atoms with E-state index in [0.717, 1.165) is 12.2 Å². The first kappa shape index (κ1) is 12.9. The van der Waals surface area contributed by atoms with Gasteiger partial charge in [-0.15, -0.1) is 0 Å². The highest BCUT2D eigenvalue weighted by atomic mass is 16.5. The maximum Gasteiger partial charge on any atom is 0.130 e. The van der Waals surface area contributed by atoms with Crippen LogP contribution < -0.4 is 4.74 Å². The maximum absolute atomic E-state index is 5.82. The topological polar surface area (TPSA) is 9.23 Å². The number of hydrogen-bond donors (Lipinski definition) is 0. The number of fused-ring (bicyclic) bond motifs is 3. The lowest BCUT2D eigenvalue weighted by Gasteiger charge is -2.17. The zero-order chi connectivity index (χ0) is 14.8. The van der Waals surface area contributed by atoms with E-state index in [2.05, 4.69) is 60.7 Å². The summed E-state index contributed by atoms with van der Waals surface area (Å²) in [6, 6.07) is 23.0. The molecular weight excluding hydrogens is 268 g/mol. The highest BCUT2D eigenvalue weighted by Crippen LogP contribution is 2.33. The molecule has 0 aromatic heterocycles. The molecule has 0 saturated carbocycles. The Morgan fingerprint density at radius 2 is 1.59 bits per heavy atom. The number of rotatable bonds is 2. The highest BCUT2D eigenvalue weighted by molar-refractivity contribution is 5.88. The van der Waals surface area contributed by atoms with Crippen LogP contribution >= 0.6 is 0 Å². The van der Waals surface area contributed by atoms with Crippen LogP contribution in [0.15, 0.2) is 84.6 Å². The van der Waals surface area contributed by atoms with Gasteiger partial charge in [0.05, 0.1) is 6.26 Å². The average Bonchev–Trinajstić information content (AvgIpc) is 2.60. The lowest BCUT2D eigenvalue weighted by atomic mass is 9.96. The predicted molar refractivity (Wildman–Crippen MR) is 91.8 cm³/mol. The zero-order valence-corrected chi connectivity index (χ0v) is 12.2. The number of ether oxygens (including phenoxy) is 1. The molecule has 0 saturated heterocycles. The van der Waals surface area contributed by atoms with Gasteiger partial charge in [0.1, 0.15) is 5.75 Å². The first-order valence-electron chi connectivity index (χ1n) is 7.50. The molecule has 22 heavy (non-hydrogen) atoms. The van der Waals surface area contributed by atoms with Gasteiger partial charge in [-0.25, -0.2) is 0 Å². The van der Waals surface area contributed by atoms with Crippen LogP contribution in [0.3, 0.4) is 0 Å². The van der Waals surface area contributed by atoms with Crippen LogP contribution in [0.25, 0.3) is 16.8 Å². The molecule has 0 N–H and O–H groups in total. The SMILES string of the molecule is C(=Cc1ccccc1)C1=COc2ccc3ccccc3c2C1. The van der Waals surface area contributed by atoms with Gasteiger partial charge in [0.15, 0.2) is 0 Å². The second-order valence-electron chi connectivity index (χ2n) is 5.49. The Hall–Kier alpha value is -2.80. The predicted octanol–water partition coefficient (Wildman–Crippen LogP) is 5.37. The Kier molecular flexibility index (Phi) is 3.24. The number of allylic oxidation sites excluding steroid dienone is 2. The molecule has 0 amide bonds. The fraction of sp³-hybridized carbons (Fsp3) is 0.0476. The summed E-state index contributed by atoms with van der Waals surface area (Å²) < 4.78 is 5.82. The molecule has 0 bridgehead atoms. The van der Waals surface area contributed by atoms with Crippen molar-refractivity contribution in [3.8, 4) is 5.75 Å². The first-order chi connectivity index (χ1) is 10.9. The summed E-state index contributed by atoms with van der Waals surface area (Å²) in [5.41, 5.74) is 3.66. The minimum Gasteiger partial charge on any atom is -0.464 e. The number of benzene rings is 3. The molecule has 1 aliphatic heterocycles. The van der Waals surface area contributed by atoms with Crippen molar-refractivity contribution >= 4 is 16.8 Å². The second kappa shape index (κ2) is 5.53. The molecule has 1 heterocycles. The third-order valence-electron chi connectivity index (χ3n) is 4.01. The Bertz CT molecular complexity index is 873. The van der Waals surface area contributed by atoms with Crippen LogP contribution in [0, 0.1) is 0 Å². The van der Waals surface area contributed by atoms with Crippen molar-refractivity contribution in [2.24, 2.45) is 0 Å². The van der Waals surface area contributed by atoms with Crippen LogP contribution in [0.1, 0.15) is 11.1 Å². The fourth-order valence-electron chi connectivity index (χ4n) is 2.86. The smallest absolute Gasteiger partial charge is 0.130 e. The molecule has 4 rings (SSSR count). The van der Waals surface area contributed by atoms with Crippen molar-refractivity contribution < 1.29 is 4.74 Å². The third-order valence-corrected chi connectivity index (χ3v) is 4.01. The molecule has 0 fully saturated rings. The maximum atomic E-state index is 5.82. The molecule has 0 atom stereocenters. The summed E-state index contributed by atoms with van der Waals surface area (Å²) in [5.74, 6) is 0.968. The van der Waals surface area contributed by atoms with Crippen LogP contribution in [0.2, 0.25) is 0 Å². The lowest BCUT2D eigenvalue weighted by Crippen LogP contribution is -2.02. The van der Waals surface area contributed by atoms with Crippen LogP contribution in [-0.2, 0) is 6.42 Å². The van der Waals surface area contributed by atoms with Gasteiger partial charge in [-0.3, -0.25) is 0 Å². The molecule has 106 valence electrons.